The minimum absolute atomic E-state index is 0.196. The first-order chi connectivity index (χ1) is 71.3. The van der Waals surface area contributed by atoms with Crippen molar-refractivity contribution in [3.05, 3.63) is 427 Å². The Bertz CT molecular complexity index is 7330. The summed E-state index contributed by atoms with van der Waals surface area (Å²) in [6.07, 6.45) is 54.4. The fourth-order valence-corrected chi connectivity index (χ4v) is 16.2. The predicted molar refractivity (Wildman–Crippen MR) is 608 cm³/mol. The highest BCUT2D eigenvalue weighted by atomic mass is 19.1. The van der Waals surface area contributed by atoms with Crippen molar-refractivity contribution in [1.29, 1.82) is 0 Å². The smallest absolute Gasteiger partial charge is 0.173 e. The second kappa shape index (κ2) is 51.5. The molecular weight excluding hydrogens is 1850 g/mol. The third kappa shape index (κ3) is 29.6. The number of halogens is 1. The van der Waals surface area contributed by atoms with E-state index in [0.717, 1.165) is 67.5 Å². The molecule has 26 heteroatoms. The number of pyridine rings is 11. The summed E-state index contributed by atoms with van der Waals surface area (Å²) in [5.41, 5.74) is 32.0. The number of nitrogens with zero attached hydrogens (tertiary/aromatic N) is 25. The largest absolute Gasteiger partial charge is 0.324 e. The maximum Gasteiger partial charge on any atom is 0.173 e. The van der Waals surface area contributed by atoms with Crippen molar-refractivity contribution in [3.8, 4) is 0 Å². The molecule has 0 bridgehead atoms. The summed E-state index contributed by atoms with van der Waals surface area (Å²) in [7, 11) is 0. The van der Waals surface area contributed by atoms with Crippen LogP contribution in [0, 0.1) is 33.5 Å². The average Bonchev–Trinajstić information content (AvgIpc) is 1.70. The van der Waals surface area contributed by atoms with E-state index in [1.165, 1.54) is 83.8 Å². The quantitative estimate of drug-likeness (QED) is 0.111. The third-order valence-corrected chi connectivity index (χ3v) is 26.1. The zero-order valence-electron chi connectivity index (χ0n) is 92.2. The molecule has 25 nitrogen and oxygen atoms in total. The Balaban J connectivity index is 0.000000136. The molecule has 24 aromatic rings. The van der Waals surface area contributed by atoms with Crippen LogP contribution in [-0.4, -0.2) is 119 Å². The number of aromatic nitrogens is 25. The predicted octanol–water partition coefficient (Wildman–Crippen LogP) is 30.3. The lowest BCUT2D eigenvalue weighted by molar-refractivity contribution is 0.600. The van der Waals surface area contributed by atoms with E-state index < -0.39 is 0 Å². The Morgan fingerprint density at radius 2 is 0.591 bits per heavy atom. The summed E-state index contributed by atoms with van der Waals surface area (Å²) in [5, 5.41) is 20.3. The van der Waals surface area contributed by atoms with E-state index in [1.54, 1.807) is 39.9 Å². The van der Waals surface area contributed by atoms with Crippen LogP contribution in [0.3, 0.4) is 0 Å². The van der Waals surface area contributed by atoms with Crippen LogP contribution in [0.5, 0.6) is 0 Å². The fraction of sp³-hybridized carbons (Fsp3) is 0.325. The summed E-state index contributed by atoms with van der Waals surface area (Å²) >= 11 is 0. The standard InChI is InChI=1S/4C11H14N2.C11H13N.C10H11FN2.4C10H12N2.2C9H11N3/c1-8(2)10-4-5-13-7-9(3)12-11(13)6-10;3*1-8(2)10-4-5-13-9(3)7-12-11(13)6-10;1-9(2)10-5-6-11-4-3-7-12(11)8-10;1-7(2)8-3-5-13-6-4-12-10(13)9(8)11;2*1-8(2)9-3-5-12-6-4-11-10(12)7-9;2*1-8(2)9-3-4-10-5-6-11-12(10)7-9;1-7(2)8-5-10-9-3-4-11-12(9)6-8;1-7(2)8-3-4-12-6-10-11-9(12)5-8/h4*4-8H,1-3H3;3-9H,1-2H3;3-7H,1-2H3;4*3-8H,1-2H3;2*3-7H,1-2H3. The van der Waals surface area contributed by atoms with Gasteiger partial charge >= 0.3 is 0 Å². The van der Waals surface area contributed by atoms with Crippen LogP contribution < -0.4 is 0 Å². The van der Waals surface area contributed by atoms with Crippen molar-refractivity contribution in [2.45, 2.75) is 265 Å². The van der Waals surface area contributed by atoms with Crippen molar-refractivity contribution >= 4 is 67.4 Å². The molecule has 0 unspecified atom stereocenters. The molecule has 0 N–H and O–H groups in total. The first-order valence-electron chi connectivity index (χ1n) is 52.1. The van der Waals surface area contributed by atoms with E-state index in [0.29, 0.717) is 70.7 Å². The van der Waals surface area contributed by atoms with Gasteiger partial charge in [0.05, 0.1) is 22.9 Å². The molecular formula is C123H150FN25. The normalized spacial score (nSPS) is 11.3. The topological polar surface area (TPSA) is 220 Å². The second-order valence-electron chi connectivity index (χ2n) is 41.5. The molecule has 0 saturated heterocycles. The molecule has 0 atom stereocenters. The van der Waals surface area contributed by atoms with E-state index in [9.17, 15) is 4.39 Å². The van der Waals surface area contributed by atoms with Crippen molar-refractivity contribution in [2.24, 2.45) is 0 Å². The number of aryl methyl sites for hydroxylation is 4. The van der Waals surface area contributed by atoms with Crippen LogP contribution in [-0.2, 0) is 0 Å². The Kier molecular flexibility index (Phi) is 38.1. The first kappa shape index (κ1) is 110. The summed E-state index contributed by atoms with van der Waals surface area (Å²) < 4.78 is 37.5. The van der Waals surface area contributed by atoms with Crippen molar-refractivity contribution in [2.75, 3.05) is 0 Å². The van der Waals surface area contributed by atoms with Gasteiger partial charge in [-0.3, -0.25) is 4.40 Å². The minimum Gasteiger partial charge on any atom is -0.324 e. The van der Waals surface area contributed by atoms with Gasteiger partial charge in [-0.15, -0.1) is 10.2 Å². The molecule has 0 saturated carbocycles. The molecule has 24 rings (SSSR count). The molecule has 0 amide bonds. The first-order valence-corrected chi connectivity index (χ1v) is 52.1. The lowest BCUT2D eigenvalue weighted by atomic mass is 10.0. The van der Waals surface area contributed by atoms with Gasteiger partial charge in [0.25, 0.3) is 0 Å². The highest BCUT2D eigenvalue weighted by Gasteiger charge is 2.15. The molecule has 149 heavy (non-hydrogen) atoms. The van der Waals surface area contributed by atoms with E-state index in [2.05, 4.69) is 456 Å². The maximum atomic E-state index is 13.7. The van der Waals surface area contributed by atoms with Gasteiger partial charge < -0.3 is 35.2 Å². The van der Waals surface area contributed by atoms with E-state index in [-0.39, 0.29) is 11.7 Å². The van der Waals surface area contributed by atoms with Crippen LogP contribution >= 0.6 is 0 Å². The Morgan fingerprint density at radius 3 is 1.03 bits per heavy atom. The number of imidazole rings is 7. The van der Waals surface area contributed by atoms with Crippen molar-refractivity contribution < 1.29 is 4.39 Å². The lowest BCUT2D eigenvalue weighted by Gasteiger charge is -2.06. The maximum absolute atomic E-state index is 13.7. The molecule has 0 aromatic carbocycles. The van der Waals surface area contributed by atoms with Crippen LogP contribution in [0.15, 0.2) is 331 Å². The summed E-state index contributed by atoms with van der Waals surface area (Å²) in [6.45, 7) is 60.3. The molecule has 24 heterocycles. The van der Waals surface area contributed by atoms with Gasteiger partial charge in [-0.1, -0.05) is 184 Å². The Labute approximate surface area is 876 Å². The molecule has 774 valence electrons. The number of rotatable bonds is 12. The number of hydrogen-bond acceptors (Lipinski definition) is 13. The zero-order valence-corrected chi connectivity index (χ0v) is 92.2. The van der Waals surface area contributed by atoms with Crippen LogP contribution in [0.4, 0.5) is 4.39 Å². The van der Waals surface area contributed by atoms with E-state index >= 15 is 0 Å². The van der Waals surface area contributed by atoms with E-state index in [4.69, 9.17) is 0 Å². The molecule has 24 aromatic heterocycles. The van der Waals surface area contributed by atoms with Crippen LogP contribution in [0.1, 0.15) is 327 Å². The van der Waals surface area contributed by atoms with E-state index in [1.807, 2.05) is 148 Å². The highest BCUT2D eigenvalue weighted by molar-refractivity contribution is 5.53. The highest BCUT2D eigenvalue weighted by Crippen LogP contribution is 2.27. The molecule has 0 aliphatic carbocycles. The van der Waals surface area contributed by atoms with Gasteiger partial charge in [-0.25, -0.2) is 57.8 Å². The number of fused-ring (bicyclic) bond motifs is 12. The van der Waals surface area contributed by atoms with Crippen LogP contribution in [0.25, 0.3) is 67.4 Å². The summed E-state index contributed by atoms with van der Waals surface area (Å²) in [6, 6.07) is 54.7. The second-order valence-corrected chi connectivity index (χ2v) is 41.5. The summed E-state index contributed by atoms with van der Waals surface area (Å²) in [4.78, 5) is 34.1. The fourth-order valence-electron chi connectivity index (χ4n) is 16.2. The molecule has 0 fully saturated rings. The van der Waals surface area contributed by atoms with Crippen molar-refractivity contribution in [1.82, 2.24) is 119 Å². The van der Waals surface area contributed by atoms with Gasteiger partial charge in [0.15, 0.2) is 22.8 Å². The Hall–Kier alpha value is -15.9. The summed E-state index contributed by atoms with van der Waals surface area (Å²) in [5.74, 6) is 6.22. The SMILES string of the molecule is CC(C)c1ccc2cccn2c1.CC(C)c1ccc2ccnn2c1.CC(C)c1ccc2ccnn2c1.CC(C)c1ccn2ccnc2c1.CC(C)c1ccn2ccnc2c1.CC(C)c1ccn2ccnc2c1F.CC(C)c1ccn2cnnc2c1.CC(C)c1cnc2ccnn2c1.Cc1cn2ccc(C(C)C)cc2n1.Cc1cnc2cc(C(C)C)ccn12.Cc1cnc2cc(C(C)C)ccn12.Cc1cnc2cc(C(C)C)ccn12. The Morgan fingerprint density at radius 1 is 0.235 bits per heavy atom. The number of hydrogen-bond donors (Lipinski definition) is 0. The third-order valence-electron chi connectivity index (χ3n) is 26.1. The van der Waals surface area contributed by atoms with Gasteiger partial charge in [-0.2, -0.15) is 15.3 Å². The molecule has 0 radical (unpaired) electrons. The van der Waals surface area contributed by atoms with Crippen molar-refractivity contribution in [3.63, 3.8) is 0 Å². The van der Waals surface area contributed by atoms with Gasteiger partial charge in [0.1, 0.15) is 40.2 Å². The molecule has 0 spiro atoms. The monoisotopic (exact) mass is 2000 g/mol. The molecule has 0 aliphatic rings. The van der Waals surface area contributed by atoms with Gasteiger partial charge in [0.2, 0.25) is 0 Å². The minimum atomic E-state index is -0.206. The van der Waals surface area contributed by atoms with Gasteiger partial charge in [0, 0.05) is 190 Å². The molecule has 0 aliphatic heterocycles. The van der Waals surface area contributed by atoms with Crippen LogP contribution in [0.2, 0.25) is 0 Å². The lowest BCUT2D eigenvalue weighted by Crippen LogP contribution is -1.97. The van der Waals surface area contributed by atoms with Gasteiger partial charge in [-0.05, 0) is 299 Å². The zero-order chi connectivity index (χ0) is 107. The average molecular weight is 2000 g/mol.